The number of methoxy groups -OCH3 is 1. The molecule has 112 heavy (non-hydrogen) atoms. The number of halogens is 3. The highest BCUT2D eigenvalue weighted by Gasteiger charge is 2.24. The molecule has 0 aliphatic carbocycles. The number of hydrogen-bond acceptors (Lipinski definition) is 12. The molecular weight excluding hydrogens is 1430 g/mol. The fraction of sp³-hybridized carbons (Fsp3) is 0.121. The van der Waals surface area contributed by atoms with Crippen molar-refractivity contribution < 1.29 is 86.8 Å². The molecule has 6 N–H and O–H groups in total. The maximum absolute atomic E-state index is 13.5. The summed E-state index contributed by atoms with van der Waals surface area (Å²) in [6.45, 7) is 1.84. The lowest BCUT2D eigenvalue weighted by Crippen LogP contribution is -2.30. The lowest BCUT2D eigenvalue weighted by atomic mass is 10.0. The molecule has 13 rings (SSSR count). The van der Waals surface area contributed by atoms with Crippen molar-refractivity contribution in [1.82, 2.24) is 14.7 Å². The van der Waals surface area contributed by atoms with Crippen LogP contribution in [-0.2, 0) is 44.1 Å². The molecule has 1 heterocycles. The van der Waals surface area contributed by atoms with E-state index in [2.05, 4.69) is 0 Å². The van der Waals surface area contributed by atoms with Gasteiger partial charge in [0.1, 0.15) is 57.1 Å². The van der Waals surface area contributed by atoms with Crippen LogP contribution in [0.15, 0.2) is 279 Å². The number of hydrogen-bond donors (Lipinski definition) is 6. The Kier molecular flexibility index (Phi) is 29.1. The van der Waals surface area contributed by atoms with E-state index in [9.17, 15) is 72.6 Å². The van der Waals surface area contributed by atoms with Crippen LogP contribution in [0.2, 0.25) is 0 Å². The second-order valence-electron chi connectivity index (χ2n) is 25.1. The zero-order valence-corrected chi connectivity index (χ0v) is 58.4. The summed E-state index contributed by atoms with van der Waals surface area (Å²) in [5.41, 5.74) is 10.5. The van der Waals surface area contributed by atoms with E-state index in [-0.39, 0.29) is 118 Å². The molecule has 0 saturated heterocycles. The van der Waals surface area contributed by atoms with Crippen molar-refractivity contribution in [2.24, 2.45) is 0 Å². The number of amides is 3. The maximum Gasteiger partial charge on any atom is 0.339 e. The van der Waals surface area contributed by atoms with E-state index < -0.39 is 17.9 Å². The van der Waals surface area contributed by atoms with E-state index in [1.807, 2.05) is 103 Å². The van der Waals surface area contributed by atoms with Crippen molar-refractivity contribution in [1.29, 1.82) is 0 Å². The van der Waals surface area contributed by atoms with Crippen LogP contribution in [0.3, 0.4) is 0 Å². The first-order valence-corrected chi connectivity index (χ1v) is 33.9. The van der Waals surface area contributed by atoms with E-state index >= 15 is 0 Å². The minimum Gasteiger partial charge on any atom is -0.507 e. The van der Waals surface area contributed by atoms with Gasteiger partial charge >= 0.3 is 17.9 Å². The third-order valence-electron chi connectivity index (χ3n) is 17.6. The van der Waals surface area contributed by atoms with Crippen molar-refractivity contribution in [2.45, 2.75) is 61.5 Å². The SMILES string of the molecule is C.C.C.COc1cccc(C(=O)N(Cc2ccc(F)cc2)Cc2ccc(-c3ccc(O)c(C(=O)O)c3)cc2)c1.O=C(O)c1cc(-c2ccc(CN(Cc3ccc(F)cc3)C(=O)/C=C/c3ccccc3)cc2)ccc1O.O=C(O)c1cc(-c2ccc(CN(Cc3ccc(F)cc3)C(=O)c3ccc4c(c3)OCO4)cc2)ccc1O. The number of carbonyl (C=O) groups is 6. The van der Waals surface area contributed by atoms with E-state index in [0.29, 0.717) is 64.7 Å². The van der Waals surface area contributed by atoms with Gasteiger partial charge in [0.2, 0.25) is 12.7 Å². The van der Waals surface area contributed by atoms with E-state index in [0.717, 1.165) is 55.6 Å². The summed E-state index contributed by atoms with van der Waals surface area (Å²) >= 11 is 0. The first kappa shape index (κ1) is 83.4. The Morgan fingerprint density at radius 2 is 0.696 bits per heavy atom. The smallest absolute Gasteiger partial charge is 0.339 e. The fourth-order valence-electron chi connectivity index (χ4n) is 11.8. The highest BCUT2D eigenvalue weighted by atomic mass is 19.1. The predicted octanol–water partition coefficient (Wildman–Crippen LogP) is 19.3. The number of nitrogens with zero attached hydrogens (tertiary/aromatic N) is 3. The molecule has 1 aliphatic heterocycles. The quantitative estimate of drug-likeness (QED) is 0.0325. The molecule has 12 aromatic carbocycles. The maximum atomic E-state index is 13.5. The van der Waals surface area contributed by atoms with Crippen molar-refractivity contribution in [3.05, 3.63) is 363 Å². The summed E-state index contributed by atoms with van der Waals surface area (Å²) in [7, 11) is 1.54. The van der Waals surface area contributed by atoms with Crippen LogP contribution < -0.4 is 14.2 Å². The molecule has 0 unspecified atom stereocenters. The fourth-order valence-corrected chi connectivity index (χ4v) is 11.8. The summed E-state index contributed by atoms with van der Waals surface area (Å²) in [6, 6.07) is 74.9. The highest BCUT2D eigenvalue weighted by Crippen LogP contribution is 2.35. The topological polar surface area (TPSA) is 261 Å². The van der Waals surface area contributed by atoms with E-state index in [1.54, 1.807) is 118 Å². The van der Waals surface area contributed by atoms with Gasteiger partial charge in [0.05, 0.1) is 7.11 Å². The summed E-state index contributed by atoms with van der Waals surface area (Å²) in [5.74, 6) is -4.50. The summed E-state index contributed by atoms with van der Waals surface area (Å²) in [5, 5.41) is 57.1. The Balaban J connectivity index is 0.000000208. The number of fused-ring (bicyclic) bond motifs is 1. The number of carboxylic acids is 3. The Bertz CT molecular complexity index is 5280. The molecular formula is C91H82F3N3O15. The first-order chi connectivity index (χ1) is 52.6. The molecule has 0 aromatic heterocycles. The van der Waals surface area contributed by atoms with Gasteiger partial charge in [-0.05, 0) is 188 Å². The molecule has 0 bridgehead atoms. The first-order valence-electron chi connectivity index (χ1n) is 33.9. The standard InChI is InChI=1S/C30H24FNO4.C29H22FNO6.C29H24FNO5.3CH4/c31-26-14-8-23(9-15-26)20-32(29(34)17-10-21-4-2-1-3-5-21)19-22-6-11-24(12-7-22)25-13-16-28(33)27(18-25)30(35)36;30-23-9-3-19(4-10-23)16-31(28(33)22-8-12-26-27(14-22)37-17-36-26)15-18-1-5-20(6-2-18)21-7-11-25(32)24(13-21)29(34)35;1-36-25-4-2-3-23(15-25)28(33)31(18-20-7-12-24(30)13-8-20)17-19-5-9-21(10-6-19)22-11-14-27(32)26(16-22)29(34)35;;;/h1-18,33H,19-20H2,(H,35,36);1-14,32H,15-17H2,(H,34,35);2-16,32H,17-18H2,1H3,(H,34,35);3*1H4/b17-10+;;;;;. The largest absolute Gasteiger partial charge is 0.507 e. The highest BCUT2D eigenvalue weighted by molar-refractivity contribution is 5.97. The van der Waals surface area contributed by atoms with Crippen molar-refractivity contribution in [3.63, 3.8) is 0 Å². The number of benzene rings is 12. The number of phenols is 3. The summed E-state index contributed by atoms with van der Waals surface area (Å²) in [4.78, 5) is 79.1. The molecule has 0 saturated carbocycles. The minimum atomic E-state index is -1.21. The molecule has 572 valence electrons. The number of carboxylic acid groups (broad SMARTS) is 3. The van der Waals surface area contributed by atoms with Crippen LogP contribution in [0.1, 0.15) is 113 Å². The average molecular weight is 1510 g/mol. The Labute approximate surface area is 646 Å². The van der Waals surface area contributed by atoms with Gasteiger partial charge in [0.25, 0.3) is 11.8 Å². The van der Waals surface area contributed by atoms with Crippen LogP contribution in [0.25, 0.3) is 39.5 Å². The van der Waals surface area contributed by atoms with Gasteiger partial charge in [-0.25, -0.2) is 27.6 Å². The van der Waals surface area contributed by atoms with Crippen molar-refractivity contribution >= 4 is 41.7 Å². The number of aromatic carboxylic acids is 3. The monoisotopic (exact) mass is 1510 g/mol. The second kappa shape index (κ2) is 39.1. The molecule has 18 nitrogen and oxygen atoms in total. The number of carbonyl (C=O) groups excluding carboxylic acids is 3. The van der Waals surface area contributed by atoms with Gasteiger partial charge in [-0.1, -0.05) is 186 Å². The number of aromatic hydroxyl groups is 3. The third-order valence-corrected chi connectivity index (χ3v) is 17.6. The van der Waals surface area contributed by atoms with Crippen LogP contribution in [0.5, 0.6) is 34.5 Å². The van der Waals surface area contributed by atoms with Crippen molar-refractivity contribution in [3.8, 4) is 67.9 Å². The van der Waals surface area contributed by atoms with E-state index in [1.165, 1.54) is 86.0 Å². The van der Waals surface area contributed by atoms with Crippen molar-refractivity contribution in [2.75, 3.05) is 13.9 Å². The Hall–Kier alpha value is -14.2. The van der Waals surface area contributed by atoms with Crippen LogP contribution in [0.4, 0.5) is 13.2 Å². The number of rotatable bonds is 23. The van der Waals surface area contributed by atoms with Gasteiger partial charge in [0, 0.05) is 56.5 Å². The molecule has 21 heteroatoms. The minimum absolute atomic E-state index is 0. The molecule has 1 aliphatic rings. The van der Waals surface area contributed by atoms with Crippen LogP contribution in [-0.4, -0.2) is 94.9 Å². The van der Waals surface area contributed by atoms with Crippen LogP contribution >= 0.6 is 0 Å². The van der Waals surface area contributed by atoms with Crippen LogP contribution in [0, 0.1) is 17.5 Å². The zero-order chi connectivity index (χ0) is 77.1. The third kappa shape index (κ3) is 22.2. The zero-order valence-electron chi connectivity index (χ0n) is 58.4. The summed E-state index contributed by atoms with van der Waals surface area (Å²) < 4.78 is 56.2. The molecule has 3 amide bonds. The molecule has 0 atom stereocenters. The van der Waals surface area contributed by atoms with Gasteiger partial charge in [-0.15, -0.1) is 0 Å². The molecule has 0 fully saturated rings. The molecule has 0 radical (unpaired) electrons. The van der Waals surface area contributed by atoms with E-state index in [4.69, 9.17) is 14.2 Å². The second-order valence-corrected chi connectivity index (χ2v) is 25.1. The van der Waals surface area contributed by atoms with Gasteiger partial charge in [0.15, 0.2) is 11.5 Å². The summed E-state index contributed by atoms with van der Waals surface area (Å²) in [6.07, 6.45) is 3.28. The normalized spacial score (nSPS) is 10.8. The Morgan fingerprint density at radius 1 is 0.366 bits per heavy atom. The lowest BCUT2D eigenvalue weighted by molar-refractivity contribution is -0.127. The Morgan fingerprint density at radius 3 is 1.05 bits per heavy atom. The molecule has 12 aromatic rings. The predicted molar refractivity (Wildman–Crippen MR) is 423 cm³/mol. The van der Waals surface area contributed by atoms with Gasteiger partial charge in [-0.3, -0.25) is 14.4 Å². The molecule has 0 spiro atoms. The average Bonchev–Trinajstić information content (AvgIpc) is 1.43. The number of ether oxygens (including phenoxy) is 3. The van der Waals surface area contributed by atoms with Gasteiger partial charge < -0.3 is 59.5 Å². The lowest BCUT2D eigenvalue weighted by Gasteiger charge is -2.24. The van der Waals surface area contributed by atoms with Gasteiger partial charge in [-0.2, -0.15) is 0 Å².